The first-order valence-electron chi connectivity index (χ1n) is 13.6. The molecule has 0 amide bonds. The summed E-state index contributed by atoms with van der Waals surface area (Å²) in [7, 11) is 1.71. The van der Waals surface area contributed by atoms with Gasteiger partial charge in [-0.05, 0) is 72.3 Å². The molecule has 0 unspecified atom stereocenters. The van der Waals surface area contributed by atoms with E-state index in [2.05, 4.69) is 61.5 Å². The zero-order chi connectivity index (χ0) is 26.2. The zero-order valence-corrected chi connectivity index (χ0v) is 22.4. The van der Waals surface area contributed by atoms with Gasteiger partial charge >= 0.3 is 0 Å². The molecule has 0 radical (unpaired) electrons. The third-order valence-electron chi connectivity index (χ3n) is 8.16. The first-order valence-corrected chi connectivity index (χ1v) is 13.6. The van der Waals surface area contributed by atoms with E-state index in [-0.39, 0.29) is 17.6 Å². The largest absolute Gasteiger partial charge is 0.495 e. The standard InChI is InChI=1S/C29H35N7O2/c1-19-16-20(2)26-21(17-19)18-23(29(37)30-26)27(28-31-32-33-36(28)22-8-4-5-9-22)35-14-12-34(13-15-35)24-10-6-7-11-25(24)38-3/h6-7,10-11,16-18,22,27H,4-5,8-9,12-15H2,1-3H3,(H,30,37)/t27-/m0/s1. The summed E-state index contributed by atoms with van der Waals surface area (Å²) in [5, 5.41) is 14.1. The van der Waals surface area contributed by atoms with Gasteiger partial charge in [-0.1, -0.05) is 36.6 Å². The van der Waals surface area contributed by atoms with Gasteiger partial charge < -0.3 is 14.6 Å². The highest BCUT2D eigenvalue weighted by Gasteiger charge is 2.35. The smallest absolute Gasteiger partial charge is 0.253 e. The minimum atomic E-state index is -0.334. The van der Waals surface area contributed by atoms with Crippen molar-refractivity contribution in [2.75, 3.05) is 38.2 Å². The number of aromatic amines is 1. The fourth-order valence-corrected chi connectivity index (χ4v) is 6.31. The van der Waals surface area contributed by atoms with E-state index < -0.39 is 0 Å². The lowest BCUT2D eigenvalue weighted by atomic mass is 10.00. The second kappa shape index (κ2) is 10.2. The van der Waals surface area contributed by atoms with E-state index in [0.717, 1.165) is 72.7 Å². The first-order chi connectivity index (χ1) is 18.5. The molecule has 1 saturated heterocycles. The molecule has 6 rings (SSSR count). The normalized spacial score (nSPS) is 17.8. The summed E-state index contributed by atoms with van der Waals surface area (Å²) in [4.78, 5) is 21.6. The van der Waals surface area contributed by atoms with E-state index in [1.165, 1.54) is 18.4 Å². The minimum Gasteiger partial charge on any atom is -0.495 e. The second-order valence-corrected chi connectivity index (χ2v) is 10.6. The average Bonchev–Trinajstić information content (AvgIpc) is 3.63. The van der Waals surface area contributed by atoms with E-state index in [1.807, 2.05) is 29.8 Å². The van der Waals surface area contributed by atoms with Crippen LogP contribution in [0.2, 0.25) is 0 Å². The van der Waals surface area contributed by atoms with Crippen LogP contribution in [0, 0.1) is 13.8 Å². The maximum absolute atomic E-state index is 13.7. The zero-order valence-electron chi connectivity index (χ0n) is 22.4. The number of H-pyrrole nitrogens is 1. The monoisotopic (exact) mass is 513 g/mol. The molecule has 198 valence electrons. The molecule has 0 spiro atoms. The van der Waals surface area contributed by atoms with Crippen LogP contribution < -0.4 is 15.2 Å². The molecule has 4 aromatic rings. The minimum absolute atomic E-state index is 0.0809. The maximum atomic E-state index is 13.7. The Labute approximate surface area is 222 Å². The van der Waals surface area contributed by atoms with Crippen LogP contribution in [0.15, 0.2) is 47.3 Å². The van der Waals surface area contributed by atoms with Gasteiger partial charge in [0.15, 0.2) is 5.82 Å². The Bertz CT molecular complexity index is 1500. The summed E-state index contributed by atoms with van der Waals surface area (Å²) in [6.45, 7) is 7.29. The first kappa shape index (κ1) is 24.6. The van der Waals surface area contributed by atoms with Gasteiger partial charge in [-0.15, -0.1) is 5.10 Å². The number of nitrogens with zero attached hydrogens (tertiary/aromatic N) is 6. The molecular weight excluding hydrogens is 478 g/mol. The molecule has 1 saturated carbocycles. The Hall–Kier alpha value is -3.72. The van der Waals surface area contributed by atoms with Crippen molar-refractivity contribution in [1.29, 1.82) is 0 Å². The molecule has 9 heteroatoms. The molecule has 9 nitrogen and oxygen atoms in total. The molecule has 38 heavy (non-hydrogen) atoms. The van der Waals surface area contributed by atoms with Gasteiger partial charge in [-0.25, -0.2) is 4.68 Å². The van der Waals surface area contributed by atoms with Crippen molar-refractivity contribution < 1.29 is 4.74 Å². The molecule has 1 atom stereocenters. The summed E-state index contributed by atoms with van der Waals surface area (Å²) >= 11 is 0. The number of methoxy groups -OCH3 is 1. The number of nitrogens with one attached hydrogen (secondary N) is 1. The van der Waals surface area contributed by atoms with Crippen molar-refractivity contribution in [1.82, 2.24) is 30.1 Å². The van der Waals surface area contributed by atoms with Gasteiger partial charge in [0.05, 0.1) is 24.4 Å². The number of anilines is 1. The lowest BCUT2D eigenvalue weighted by molar-refractivity contribution is 0.196. The summed E-state index contributed by atoms with van der Waals surface area (Å²) in [6, 6.07) is 14.4. The molecule has 2 aromatic carbocycles. The highest BCUT2D eigenvalue weighted by molar-refractivity contribution is 5.83. The molecule has 1 aliphatic carbocycles. The van der Waals surface area contributed by atoms with Crippen LogP contribution in [0.5, 0.6) is 5.75 Å². The third kappa shape index (κ3) is 4.45. The quantitative estimate of drug-likeness (QED) is 0.414. The number of fused-ring (bicyclic) bond motifs is 1. The number of aryl methyl sites for hydroxylation is 2. The Balaban J connectivity index is 1.40. The lowest BCUT2D eigenvalue weighted by Crippen LogP contribution is -2.49. The highest BCUT2D eigenvalue weighted by atomic mass is 16.5. The van der Waals surface area contributed by atoms with Gasteiger partial charge in [0, 0.05) is 31.7 Å². The number of ether oxygens (including phenoxy) is 1. The van der Waals surface area contributed by atoms with E-state index in [4.69, 9.17) is 4.74 Å². The van der Waals surface area contributed by atoms with E-state index in [9.17, 15) is 4.79 Å². The van der Waals surface area contributed by atoms with Gasteiger partial charge in [-0.2, -0.15) is 0 Å². The molecule has 1 N–H and O–H groups in total. The van der Waals surface area contributed by atoms with E-state index >= 15 is 0 Å². The summed E-state index contributed by atoms with van der Waals surface area (Å²) in [5.74, 6) is 1.64. The van der Waals surface area contributed by atoms with Gasteiger partial charge in [0.25, 0.3) is 5.56 Å². The number of hydrogen-bond acceptors (Lipinski definition) is 7. The Morgan fingerprint density at radius 2 is 1.79 bits per heavy atom. The van der Waals surface area contributed by atoms with Crippen LogP contribution in [0.25, 0.3) is 10.9 Å². The van der Waals surface area contributed by atoms with Crippen molar-refractivity contribution in [3.63, 3.8) is 0 Å². The predicted octanol–water partition coefficient (Wildman–Crippen LogP) is 4.17. The van der Waals surface area contributed by atoms with Crippen LogP contribution >= 0.6 is 0 Å². The van der Waals surface area contributed by atoms with Crippen molar-refractivity contribution >= 4 is 16.6 Å². The van der Waals surface area contributed by atoms with E-state index in [1.54, 1.807) is 7.11 Å². The Morgan fingerprint density at radius 3 is 2.55 bits per heavy atom. The fourth-order valence-electron chi connectivity index (χ4n) is 6.31. The highest BCUT2D eigenvalue weighted by Crippen LogP contribution is 2.35. The number of para-hydroxylation sites is 2. The molecule has 2 fully saturated rings. The number of pyridine rings is 1. The molecule has 2 aromatic heterocycles. The number of hydrogen-bond donors (Lipinski definition) is 1. The van der Waals surface area contributed by atoms with Crippen LogP contribution in [-0.2, 0) is 0 Å². The van der Waals surface area contributed by atoms with Crippen LogP contribution in [0.3, 0.4) is 0 Å². The Morgan fingerprint density at radius 1 is 1.03 bits per heavy atom. The average molecular weight is 514 g/mol. The maximum Gasteiger partial charge on any atom is 0.253 e. The fraction of sp³-hybridized carbons (Fsp3) is 0.448. The van der Waals surface area contributed by atoms with Gasteiger partial charge in [0.2, 0.25) is 0 Å². The molecule has 1 aliphatic heterocycles. The molecule has 3 heterocycles. The SMILES string of the molecule is COc1ccccc1N1CCN([C@@H](c2cc3cc(C)cc(C)c3[nH]c2=O)c2nnnn2C2CCCC2)CC1. The summed E-state index contributed by atoms with van der Waals surface area (Å²) in [5.41, 5.74) is 4.84. The van der Waals surface area contributed by atoms with Gasteiger partial charge in [-0.3, -0.25) is 9.69 Å². The van der Waals surface area contributed by atoms with Gasteiger partial charge in [0.1, 0.15) is 11.8 Å². The van der Waals surface area contributed by atoms with Crippen LogP contribution in [-0.4, -0.2) is 63.4 Å². The number of piperazine rings is 1. The molecule has 0 bridgehead atoms. The summed E-state index contributed by atoms with van der Waals surface area (Å²) < 4.78 is 7.61. The summed E-state index contributed by atoms with van der Waals surface area (Å²) in [6.07, 6.45) is 4.50. The number of tetrazole rings is 1. The Kier molecular flexibility index (Phi) is 6.61. The van der Waals surface area contributed by atoms with E-state index in [0.29, 0.717) is 5.56 Å². The van der Waals surface area contributed by atoms with Crippen LogP contribution in [0.4, 0.5) is 5.69 Å². The lowest BCUT2D eigenvalue weighted by Gasteiger charge is -2.40. The van der Waals surface area contributed by atoms with Crippen molar-refractivity contribution in [3.8, 4) is 5.75 Å². The van der Waals surface area contributed by atoms with Crippen molar-refractivity contribution in [2.45, 2.75) is 51.6 Å². The second-order valence-electron chi connectivity index (χ2n) is 10.6. The van der Waals surface area contributed by atoms with Crippen molar-refractivity contribution in [3.05, 3.63) is 75.3 Å². The topological polar surface area (TPSA) is 92.2 Å². The number of aromatic nitrogens is 5. The van der Waals surface area contributed by atoms with Crippen LogP contribution in [0.1, 0.15) is 60.3 Å². The predicted molar refractivity (Wildman–Crippen MR) is 148 cm³/mol. The third-order valence-corrected chi connectivity index (χ3v) is 8.16. The number of rotatable bonds is 6. The number of benzene rings is 2. The molecule has 2 aliphatic rings. The molecular formula is C29H35N7O2. The van der Waals surface area contributed by atoms with Crippen molar-refractivity contribution in [2.24, 2.45) is 0 Å².